The van der Waals surface area contributed by atoms with Crippen LogP contribution in [0.4, 0.5) is 0 Å². The average Bonchev–Trinajstić information content (AvgIpc) is 2.10. The maximum Gasteiger partial charge on any atom is 0.226 e. The quantitative estimate of drug-likeness (QED) is 0.741. The molecule has 0 fully saturated rings. The summed E-state index contributed by atoms with van der Waals surface area (Å²) in [5, 5.41) is 3.32. The minimum Gasteiger partial charge on any atom is -0.350 e. The van der Waals surface area contributed by atoms with Crippen LogP contribution in [-0.4, -0.2) is 11.4 Å². The zero-order chi connectivity index (χ0) is 16.4. The topological polar surface area (TPSA) is 29.1 Å². The van der Waals surface area contributed by atoms with E-state index in [4.69, 9.17) is 0 Å². The van der Waals surface area contributed by atoms with Crippen molar-refractivity contribution in [2.24, 2.45) is 16.2 Å². The summed E-state index contributed by atoms with van der Waals surface area (Å²) in [5.74, 6) is 0.182. The summed E-state index contributed by atoms with van der Waals surface area (Å²) in [7, 11) is 0. The van der Waals surface area contributed by atoms with Crippen LogP contribution in [-0.2, 0) is 4.79 Å². The van der Waals surface area contributed by atoms with Crippen LogP contribution in [0.2, 0.25) is 0 Å². The highest BCUT2D eigenvalue weighted by Crippen LogP contribution is 2.35. The molecule has 0 aliphatic heterocycles. The Morgan fingerprint density at radius 1 is 0.800 bits per heavy atom. The number of hydrogen-bond donors (Lipinski definition) is 1. The van der Waals surface area contributed by atoms with Crippen molar-refractivity contribution in [1.82, 2.24) is 5.32 Å². The van der Waals surface area contributed by atoms with Gasteiger partial charge < -0.3 is 5.32 Å². The Bertz CT molecular complexity index is 330. The third kappa shape index (κ3) is 7.31. The number of rotatable bonds is 5. The van der Waals surface area contributed by atoms with E-state index < -0.39 is 0 Å². The van der Waals surface area contributed by atoms with E-state index in [2.05, 4.69) is 74.6 Å². The average molecular weight is 284 g/mol. The Labute approximate surface area is 127 Å². The van der Waals surface area contributed by atoms with Gasteiger partial charge in [-0.1, -0.05) is 62.3 Å². The Balaban J connectivity index is 4.95. The van der Waals surface area contributed by atoms with Crippen molar-refractivity contribution in [2.45, 2.75) is 94.0 Å². The molecule has 0 heterocycles. The monoisotopic (exact) mass is 283 g/mol. The van der Waals surface area contributed by atoms with Crippen molar-refractivity contribution in [3.8, 4) is 0 Å². The van der Waals surface area contributed by atoms with E-state index in [1.54, 1.807) is 0 Å². The number of hydrogen-bond acceptors (Lipinski definition) is 1. The van der Waals surface area contributed by atoms with Gasteiger partial charge in [-0.15, -0.1) is 0 Å². The predicted octanol–water partition coefficient (Wildman–Crippen LogP) is 5.17. The number of amides is 1. The molecule has 1 unspecified atom stereocenters. The number of carbonyl (C=O) groups excluding carboxylic acids is 1. The zero-order valence-electron chi connectivity index (χ0n) is 15.5. The second-order valence-corrected chi connectivity index (χ2v) is 9.73. The van der Waals surface area contributed by atoms with E-state index in [0.29, 0.717) is 0 Å². The Hall–Kier alpha value is -0.530. The Morgan fingerprint density at radius 3 is 1.50 bits per heavy atom. The van der Waals surface area contributed by atoms with Crippen molar-refractivity contribution in [3.05, 3.63) is 0 Å². The molecule has 20 heavy (non-hydrogen) atoms. The van der Waals surface area contributed by atoms with Crippen LogP contribution >= 0.6 is 0 Å². The molecule has 120 valence electrons. The molecule has 0 aliphatic rings. The lowest BCUT2D eigenvalue weighted by Crippen LogP contribution is -2.52. The molecule has 1 N–H and O–H groups in total. The fraction of sp³-hybridized carbons (Fsp3) is 0.944. The lowest BCUT2D eigenvalue weighted by Gasteiger charge is -2.39. The first-order valence-corrected chi connectivity index (χ1v) is 7.93. The second kappa shape index (κ2) is 6.07. The van der Waals surface area contributed by atoms with Gasteiger partial charge in [0.05, 0.1) is 0 Å². The van der Waals surface area contributed by atoms with E-state index in [1.807, 2.05) is 0 Å². The lowest BCUT2D eigenvalue weighted by atomic mass is 9.74. The minimum atomic E-state index is -0.327. The maximum atomic E-state index is 12.7. The molecule has 0 radical (unpaired) electrons. The molecule has 2 heteroatoms. The van der Waals surface area contributed by atoms with Crippen LogP contribution in [0, 0.1) is 16.2 Å². The summed E-state index contributed by atoms with van der Waals surface area (Å²) in [5.41, 5.74) is -0.0727. The van der Waals surface area contributed by atoms with Crippen molar-refractivity contribution >= 4 is 5.91 Å². The molecule has 0 aromatic carbocycles. The largest absolute Gasteiger partial charge is 0.350 e. The smallest absolute Gasteiger partial charge is 0.226 e. The normalized spacial score (nSPS) is 16.7. The molecular weight excluding hydrogens is 246 g/mol. The van der Waals surface area contributed by atoms with Crippen molar-refractivity contribution < 1.29 is 4.79 Å². The van der Waals surface area contributed by atoms with E-state index in [0.717, 1.165) is 19.3 Å². The molecule has 0 spiro atoms. The first kappa shape index (κ1) is 19.5. The van der Waals surface area contributed by atoms with Crippen molar-refractivity contribution in [3.63, 3.8) is 0 Å². The van der Waals surface area contributed by atoms with Gasteiger partial charge in [0.2, 0.25) is 5.91 Å². The van der Waals surface area contributed by atoms with E-state index in [1.165, 1.54) is 0 Å². The first-order chi connectivity index (χ1) is 8.60. The fourth-order valence-corrected chi connectivity index (χ4v) is 3.28. The predicted molar refractivity (Wildman–Crippen MR) is 88.8 cm³/mol. The molecule has 0 saturated heterocycles. The van der Waals surface area contributed by atoms with Crippen molar-refractivity contribution in [2.75, 3.05) is 0 Å². The summed E-state index contributed by atoms with van der Waals surface area (Å²) in [6.45, 7) is 21.7. The molecule has 0 saturated carbocycles. The van der Waals surface area contributed by atoms with E-state index >= 15 is 0 Å². The van der Waals surface area contributed by atoms with Crippen LogP contribution in [0.25, 0.3) is 0 Å². The van der Waals surface area contributed by atoms with Gasteiger partial charge >= 0.3 is 0 Å². The molecule has 0 rings (SSSR count). The van der Waals surface area contributed by atoms with Gasteiger partial charge in [0, 0.05) is 11.0 Å². The van der Waals surface area contributed by atoms with Gasteiger partial charge in [-0.2, -0.15) is 0 Å². The van der Waals surface area contributed by atoms with Crippen molar-refractivity contribution in [1.29, 1.82) is 0 Å². The third-order valence-corrected chi connectivity index (χ3v) is 3.70. The molecule has 0 aliphatic carbocycles. The highest BCUT2D eigenvalue weighted by atomic mass is 16.2. The maximum absolute atomic E-state index is 12.7. The fourth-order valence-electron chi connectivity index (χ4n) is 3.28. The Morgan fingerprint density at radius 2 is 1.20 bits per heavy atom. The molecule has 2 nitrogen and oxygen atoms in total. The van der Waals surface area contributed by atoms with Crippen LogP contribution in [0.15, 0.2) is 0 Å². The Kier molecular flexibility index (Phi) is 5.91. The van der Waals surface area contributed by atoms with Gasteiger partial charge in [0.1, 0.15) is 0 Å². The second-order valence-electron chi connectivity index (χ2n) is 9.73. The minimum absolute atomic E-state index is 0.121. The number of carbonyl (C=O) groups is 1. The van der Waals surface area contributed by atoms with Crippen LogP contribution in [0.3, 0.4) is 0 Å². The van der Waals surface area contributed by atoms with E-state index in [-0.39, 0.29) is 27.7 Å². The SMILES string of the molecule is CCC(C)(CC(C)(C)C)NC(=O)C(C)(C)CC(C)(C)C. The number of nitrogens with one attached hydrogen (secondary N) is 1. The summed E-state index contributed by atoms with van der Waals surface area (Å²) < 4.78 is 0. The molecule has 0 aromatic heterocycles. The summed E-state index contributed by atoms with van der Waals surface area (Å²) >= 11 is 0. The highest BCUT2D eigenvalue weighted by molar-refractivity contribution is 5.82. The van der Waals surface area contributed by atoms with Gasteiger partial charge in [-0.05, 0) is 37.0 Å². The summed E-state index contributed by atoms with van der Waals surface area (Å²) in [4.78, 5) is 12.7. The summed E-state index contributed by atoms with van der Waals surface area (Å²) in [6.07, 6.45) is 2.84. The van der Waals surface area contributed by atoms with Gasteiger partial charge in [0.25, 0.3) is 0 Å². The first-order valence-electron chi connectivity index (χ1n) is 7.93. The van der Waals surface area contributed by atoms with Gasteiger partial charge in [0.15, 0.2) is 0 Å². The molecule has 1 atom stereocenters. The standard InChI is InChI=1S/C18H37NO/c1-11-18(10,13-16(5,6)7)19-14(20)17(8,9)12-15(2,3)4/h11-13H2,1-10H3,(H,19,20). The molecular formula is C18H37NO. The van der Waals surface area contributed by atoms with Gasteiger partial charge in [-0.3, -0.25) is 4.79 Å². The molecule has 0 bridgehead atoms. The van der Waals surface area contributed by atoms with E-state index in [9.17, 15) is 4.79 Å². The van der Waals surface area contributed by atoms with Crippen LogP contribution in [0.1, 0.15) is 88.5 Å². The summed E-state index contributed by atoms with van der Waals surface area (Å²) in [6, 6.07) is 0. The lowest BCUT2D eigenvalue weighted by molar-refractivity contribution is -0.133. The third-order valence-electron chi connectivity index (χ3n) is 3.70. The van der Waals surface area contributed by atoms with Crippen LogP contribution < -0.4 is 5.32 Å². The highest BCUT2D eigenvalue weighted by Gasteiger charge is 2.37. The van der Waals surface area contributed by atoms with Gasteiger partial charge in [-0.25, -0.2) is 0 Å². The zero-order valence-corrected chi connectivity index (χ0v) is 15.5. The molecule has 0 aromatic rings. The van der Waals surface area contributed by atoms with Crippen LogP contribution in [0.5, 0.6) is 0 Å². The molecule has 1 amide bonds.